The van der Waals surface area contributed by atoms with Crippen molar-refractivity contribution in [2.75, 3.05) is 56.6 Å². The molecule has 31 heavy (non-hydrogen) atoms. The summed E-state index contributed by atoms with van der Waals surface area (Å²) >= 11 is 3.36. The number of para-hydroxylation sites is 1. The number of benzene rings is 2. The first-order valence-corrected chi connectivity index (χ1v) is 12.1. The number of methoxy groups -OCH3 is 1. The Kier molecular flexibility index (Phi) is 6.05. The van der Waals surface area contributed by atoms with Crippen LogP contribution < -0.4 is 13.9 Å². The summed E-state index contributed by atoms with van der Waals surface area (Å²) in [5, 5.41) is 0.669. The summed E-state index contributed by atoms with van der Waals surface area (Å²) in [4.78, 5) is 13.8. The number of anilines is 2. The molecule has 0 saturated carbocycles. The number of piperazine rings is 1. The zero-order valence-electron chi connectivity index (χ0n) is 17.6. The lowest BCUT2D eigenvalue weighted by Crippen LogP contribution is -2.45. The number of fused-ring (bicyclic) bond motifs is 1. The second-order valence-corrected chi connectivity index (χ2v) is 10.3. The molecule has 0 unspecified atom stereocenters. The van der Waals surface area contributed by atoms with Gasteiger partial charge in [0, 0.05) is 43.1 Å². The molecule has 3 aromatic rings. The van der Waals surface area contributed by atoms with E-state index in [-0.39, 0.29) is 10.6 Å². The van der Waals surface area contributed by atoms with E-state index in [1.54, 1.807) is 12.1 Å². The van der Waals surface area contributed by atoms with Crippen molar-refractivity contribution < 1.29 is 13.2 Å². The minimum Gasteiger partial charge on any atom is -0.495 e. The van der Waals surface area contributed by atoms with Gasteiger partial charge >= 0.3 is 0 Å². The summed E-state index contributed by atoms with van der Waals surface area (Å²) < 4.78 is 34.4. The molecule has 10 heteroatoms. The van der Waals surface area contributed by atoms with E-state index >= 15 is 0 Å². The molecule has 2 aromatic carbocycles. The monoisotopic (exact) mass is 505 g/mol. The van der Waals surface area contributed by atoms with Crippen molar-refractivity contribution in [1.82, 2.24) is 14.9 Å². The van der Waals surface area contributed by atoms with Crippen LogP contribution >= 0.6 is 15.9 Å². The average molecular weight is 506 g/mol. The number of nitrogens with zero attached hydrogens (tertiary/aromatic N) is 5. The average Bonchev–Trinajstić information content (AvgIpc) is 2.78. The number of aromatic nitrogens is 2. The van der Waals surface area contributed by atoms with Crippen molar-refractivity contribution in [3.63, 3.8) is 0 Å². The summed E-state index contributed by atoms with van der Waals surface area (Å²) in [5.41, 5.74) is 0.700. The number of ether oxygens (including phenoxy) is 1. The molecule has 0 bridgehead atoms. The van der Waals surface area contributed by atoms with Gasteiger partial charge in [-0.2, -0.15) is 4.98 Å². The molecule has 0 amide bonds. The SMILES string of the molecule is COc1cc(Br)ccc1S(=O)(=O)N(C)c1nc(N2CCN(C)CC2)nc2ccccc12. The smallest absolute Gasteiger partial charge is 0.268 e. The lowest BCUT2D eigenvalue weighted by atomic mass is 10.2. The van der Waals surface area contributed by atoms with E-state index in [1.165, 1.54) is 24.5 Å². The van der Waals surface area contributed by atoms with Crippen molar-refractivity contribution in [2.24, 2.45) is 0 Å². The summed E-state index contributed by atoms with van der Waals surface area (Å²) in [5.74, 6) is 1.13. The Balaban J connectivity index is 1.83. The molecular formula is C21H24BrN5O3S. The summed E-state index contributed by atoms with van der Waals surface area (Å²) in [6.07, 6.45) is 0. The first kappa shape index (κ1) is 21.8. The number of likely N-dealkylation sites (N-methyl/N-ethyl adjacent to an activating group) is 1. The van der Waals surface area contributed by atoms with E-state index in [1.807, 2.05) is 24.3 Å². The van der Waals surface area contributed by atoms with Crippen LogP contribution in [0.25, 0.3) is 10.9 Å². The third kappa shape index (κ3) is 4.19. The van der Waals surface area contributed by atoms with E-state index in [2.05, 4.69) is 32.8 Å². The molecule has 1 saturated heterocycles. The van der Waals surface area contributed by atoms with Gasteiger partial charge in [0.25, 0.3) is 10.0 Å². The first-order chi connectivity index (χ1) is 14.8. The number of hydrogen-bond donors (Lipinski definition) is 0. The van der Waals surface area contributed by atoms with Crippen LogP contribution in [0.3, 0.4) is 0 Å². The van der Waals surface area contributed by atoms with Crippen LogP contribution in [0.4, 0.5) is 11.8 Å². The van der Waals surface area contributed by atoms with Crippen molar-refractivity contribution in [3.05, 3.63) is 46.9 Å². The Hall–Kier alpha value is -2.43. The largest absolute Gasteiger partial charge is 0.495 e. The Labute approximate surface area is 190 Å². The van der Waals surface area contributed by atoms with E-state index in [9.17, 15) is 8.42 Å². The van der Waals surface area contributed by atoms with E-state index in [4.69, 9.17) is 14.7 Å². The van der Waals surface area contributed by atoms with Crippen LogP contribution in [0.15, 0.2) is 51.8 Å². The number of rotatable bonds is 5. The van der Waals surface area contributed by atoms with Gasteiger partial charge in [0.15, 0.2) is 5.82 Å². The van der Waals surface area contributed by atoms with Gasteiger partial charge in [-0.25, -0.2) is 13.4 Å². The molecule has 0 spiro atoms. The van der Waals surface area contributed by atoms with Crippen molar-refractivity contribution in [1.29, 1.82) is 0 Å². The zero-order chi connectivity index (χ0) is 22.2. The van der Waals surface area contributed by atoms with Gasteiger partial charge in [-0.05, 0) is 37.4 Å². The zero-order valence-corrected chi connectivity index (χ0v) is 20.0. The van der Waals surface area contributed by atoms with Crippen LogP contribution in [-0.2, 0) is 10.0 Å². The Bertz CT molecular complexity index is 1210. The van der Waals surface area contributed by atoms with Gasteiger partial charge in [0.05, 0.1) is 12.6 Å². The highest BCUT2D eigenvalue weighted by Crippen LogP contribution is 2.34. The van der Waals surface area contributed by atoms with Crippen LogP contribution in [0.1, 0.15) is 0 Å². The first-order valence-electron chi connectivity index (χ1n) is 9.84. The fraction of sp³-hybridized carbons (Fsp3) is 0.333. The lowest BCUT2D eigenvalue weighted by Gasteiger charge is -2.33. The summed E-state index contributed by atoms with van der Waals surface area (Å²) in [7, 11) is 1.11. The molecule has 1 aliphatic rings. The van der Waals surface area contributed by atoms with E-state index in [0.717, 1.165) is 30.7 Å². The number of halogens is 1. The van der Waals surface area contributed by atoms with E-state index in [0.29, 0.717) is 22.7 Å². The number of sulfonamides is 1. The van der Waals surface area contributed by atoms with Crippen LogP contribution in [0, 0.1) is 0 Å². The van der Waals surface area contributed by atoms with Crippen molar-refractivity contribution in [3.8, 4) is 5.75 Å². The van der Waals surface area contributed by atoms with Gasteiger partial charge in [0.1, 0.15) is 10.6 Å². The predicted octanol–water partition coefficient (Wildman–Crippen LogP) is 2.98. The quantitative estimate of drug-likeness (QED) is 0.527. The maximum atomic E-state index is 13.5. The van der Waals surface area contributed by atoms with Crippen molar-refractivity contribution in [2.45, 2.75) is 4.90 Å². The molecule has 164 valence electrons. The van der Waals surface area contributed by atoms with E-state index < -0.39 is 10.0 Å². The second kappa shape index (κ2) is 8.60. The van der Waals surface area contributed by atoms with Crippen LogP contribution in [0.2, 0.25) is 0 Å². The molecule has 1 aliphatic heterocycles. The molecule has 4 rings (SSSR count). The molecule has 0 radical (unpaired) electrons. The summed E-state index contributed by atoms with van der Waals surface area (Å²) in [6.45, 7) is 3.36. The van der Waals surface area contributed by atoms with Gasteiger partial charge in [-0.15, -0.1) is 0 Å². The van der Waals surface area contributed by atoms with Gasteiger partial charge in [-0.3, -0.25) is 4.31 Å². The highest BCUT2D eigenvalue weighted by Gasteiger charge is 2.29. The van der Waals surface area contributed by atoms with Crippen LogP contribution in [0.5, 0.6) is 5.75 Å². The molecule has 0 atom stereocenters. The number of hydrogen-bond acceptors (Lipinski definition) is 7. The third-order valence-electron chi connectivity index (χ3n) is 5.42. The third-order valence-corrected chi connectivity index (χ3v) is 7.70. The minimum absolute atomic E-state index is 0.0736. The Morgan fingerprint density at radius 1 is 1.06 bits per heavy atom. The molecule has 1 fully saturated rings. The van der Waals surface area contributed by atoms with Crippen LogP contribution in [-0.4, -0.2) is 70.7 Å². The van der Waals surface area contributed by atoms with Gasteiger partial charge in [-0.1, -0.05) is 28.1 Å². The van der Waals surface area contributed by atoms with Crippen molar-refractivity contribution >= 4 is 48.6 Å². The predicted molar refractivity (Wildman–Crippen MR) is 126 cm³/mol. The maximum Gasteiger partial charge on any atom is 0.268 e. The molecule has 8 nitrogen and oxygen atoms in total. The highest BCUT2D eigenvalue weighted by atomic mass is 79.9. The lowest BCUT2D eigenvalue weighted by molar-refractivity contribution is 0.311. The Morgan fingerprint density at radius 2 is 1.77 bits per heavy atom. The molecule has 1 aromatic heterocycles. The summed E-state index contributed by atoms with van der Waals surface area (Å²) in [6, 6.07) is 12.3. The highest BCUT2D eigenvalue weighted by molar-refractivity contribution is 9.10. The maximum absolute atomic E-state index is 13.5. The van der Waals surface area contributed by atoms with Gasteiger partial charge in [0.2, 0.25) is 5.95 Å². The van der Waals surface area contributed by atoms with Gasteiger partial charge < -0.3 is 14.5 Å². The fourth-order valence-corrected chi connectivity index (χ4v) is 5.19. The second-order valence-electron chi connectivity index (χ2n) is 7.42. The minimum atomic E-state index is -3.93. The molecule has 2 heterocycles. The molecular weight excluding hydrogens is 482 g/mol. The molecule has 0 aliphatic carbocycles. The topological polar surface area (TPSA) is 78.9 Å². The standard InChI is InChI=1S/C21H24BrN5O3S/c1-25-10-12-27(13-11-25)21-23-17-7-5-4-6-16(17)20(24-21)26(2)31(28,29)19-9-8-15(22)14-18(19)30-3/h4-9,14H,10-13H2,1-3H3. The fourth-order valence-electron chi connectivity index (χ4n) is 3.55. The normalized spacial score (nSPS) is 15.3. The Morgan fingerprint density at radius 3 is 2.48 bits per heavy atom. The molecule has 0 N–H and O–H groups in total.